The topological polar surface area (TPSA) is 117 Å². The van der Waals surface area contributed by atoms with E-state index in [1.54, 1.807) is 18.3 Å². The number of nitrogens with zero attached hydrogens (tertiary/aromatic N) is 4. The Labute approximate surface area is 328 Å². The predicted octanol–water partition coefficient (Wildman–Crippen LogP) is 7.98. The van der Waals surface area contributed by atoms with Crippen molar-refractivity contribution in [1.29, 1.82) is 5.26 Å². The Balaban J connectivity index is 1.05. The van der Waals surface area contributed by atoms with Crippen LogP contribution in [0.4, 0.5) is 0 Å². The highest BCUT2D eigenvalue weighted by molar-refractivity contribution is 6.32. The maximum atomic E-state index is 12.1. The molecule has 1 atom stereocenters. The average molecular weight is 765 g/mol. The molecule has 3 aliphatic heterocycles. The highest BCUT2D eigenvalue weighted by Gasteiger charge is 2.44. The number of hydrogen-bond donors (Lipinski definition) is 1. The van der Waals surface area contributed by atoms with E-state index < -0.39 is 12.0 Å². The summed E-state index contributed by atoms with van der Waals surface area (Å²) in [4.78, 5) is 20.8. The summed E-state index contributed by atoms with van der Waals surface area (Å²) in [5.41, 5.74) is 7.80. The number of benzene rings is 3. The highest BCUT2D eigenvalue weighted by Crippen LogP contribution is 2.39. The fraction of sp³-hybridized carbons (Fsp3) is 0.432. The Morgan fingerprint density at radius 1 is 0.964 bits per heavy atom. The van der Waals surface area contributed by atoms with Gasteiger partial charge in [-0.1, -0.05) is 48.4 Å². The normalized spacial score (nSPS) is 18.1. The van der Waals surface area contributed by atoms with Crippen LogP contribution in [0.2, 0.25) is 5.02 Å². The second kappa shape index (κ2) is 17.4. The molecule has 11 heteroatoms. The summed E-state index contributed by atoms with van der Waals surface area (Å²) in [6.45, 7) is 11.5. The van der Waals surface area contributed by atoms with Crippen LogP contribution in [-0.4, -0.2) is 77.9 Å². The van der Waals surface area contributed by atoms with E-state index in [1.165, 1.54) is 12.6 Å². The molecule has 3 aromatic carbocycles. The zero-order valence-electron chi connectivity index (χ0n) is 31.7. The molecule has 0 bridgehead atoms. The van der Waals surface area contributed by atoms with Crippen molar-refractivity contribution >= 4 is 17.6 Å². The molecule has 3 aliphatic rings. The lowest BCUT2D eigenvalue weighted by atomic mass is 9.85. The molecular weight excluding hydrogens is 716 g/mol. The number of carboxylic acids is 1. The Kier molecular flexibility index (Phi) is 12.2. The third-order valence-corrected chi connectivity index (χ3v) is 11.6. The Morgan fingerprint density at radius 3 is 2.53 bits per heavy atom. The number of halogens is 1. The molecule has 0 radical (unpaired) electrons. The lowest BCUT2D eigenvalue weighted by Gasteiger charge is -2.37. The minimum absolute atomic E-state index is 0.164. The number of aliphatic carboxylic acids is 1. The van der Waals surface area contributed by atoms with E-state index in [0.29, 0.717) is 53.6 Å². The lowest BCUT2D eigenvalue weighted by Crippen LogP contribution is -2.44. The number of pyridine rings is 1. The van der Waals surface area contributed by atoms with Crippen LogP contribution >= 0.6 is 11.6 Å². The molecule has 55 heavy (non-hydrogen) atoms. The van der Waals surface area contributed by atoms with Gasteiger partial charge in [-0.3, -0.25) is 14.7 Å². The van der Waals surface area contributed by atoms with E-state index in [4.69, 9.17) is 30.5 Å². The van der Waals surface area contributed by atoms with E-state index in [0.717, 1.165) is 96.8 Å². The van der Waals surface area contributed by atoms with Gasteiger partial charge in [0.05, 0.1) is 30.4 Å². The summed E-state index contributed by atoms with van der Waals surface area (Å²) < 4.78 is 24.5. The number of carboxylic acid groups (broad SMARTS) is 1. The average Bonchev–Trinajstić information content (AvgIpc) is 3.63. The molecule has 0 aliphatic carbocycles. The lowest BCUT2D eigenvalue weighted by molar-refractivity contribution is -0.144. The van der Waals surface area contributed by atoms with E-state index in [2.05, 4.69) is 54.1 Å². The van der Waals surface area contributed by atoms with Gasteiger partial charge in [0.25, 0.3) is 0 Å². The first-order valence-corrected chi connectivity index (χ1v) is 19.6. The number of nitriles is 1. The minimum Gasteiger partial charge on any atom is -0.493 e. The van der Waals surface area contributed by atoms with Gasteiger partial charge in [0.15, 0.2) is 0 Å². The van der Waals surface area contributed by atoms with Gasteiger partial charge < -0.3 is 29.0 Å². The third kappa shape index (κ3) is 9.08. The number of rotatable bonds is 15. The van der Waals surface area contributed by atoms with Gasteiger partial charge in [-0.05, 0) is 98.6 Å². The van der Waals surface area contributed by atoms with Gasteiger partial charge in [0.1, 0.15) is 42.6 Å². The van der Waals surface area contributed by atoms with Crippen molar-refractivity contribution in [2.75, 3.05) is 46.0 Å². The van der Waals surface area contributed by atoms with E-state index in [-0.39, 0.29) is 13.2 Å². The second-order valence-electron chi connectivity index (χ2n) is 15.2. The summed E-state index contributed by atoms with van der Waals surface area (Å²) in [7, 11) is 0. The van der Waals surface area contributed by atoms with Crippen LogP contribution in [0.5, 0.6) is 17.2 Å². The molecule has 4 aromatic rings. The highest BCUT2D eigenvalue weighted by atomic mass is 35.5. The SMILES string of the molecule is Cc1c(COc2cc(OCc3cncc(C#N)c3)c(CN3CCCC[C@H]3C(=O)O)cc2Cl)cccc1-c1cccc(OCCCN2CCC3(COC3)C2)c1C. The summed E-state index contributed by atoms with van der Waals surface area (Å²) in [5, 5.41) is 19.7. The van der Waals surface area contributed by atoms with Crippen LogP contribution in [0, 0.1) is 30.6 Å². The molecule has 1 aromatic heterocycles. The first kappa shape index (κ1) is 38.6. The summed E-state index contributed by atoms with van der Waals surface area (Å²) in [6.07, 6.45) is 7.78. The van der Waals surface area contributed by atoms with Gasteiger partial charge in [-0.15, -0.1) is 0 Å². The Hall–Kier alpha value is -4.66. The fourth-order valence-electron chi connectivity index (χ4n) is 8.08. The van der Waals surface area contributed by atoms with Crippen molar-refractivity contribution in [3.63, 3.8) is 0 Å². The summed E-state index contributed by atoms with van der Waals surface area (Å²) >= 11 is 6.87. The van der Waals surface area contributed by atoms with Crippen molar-refractivity contribution in [2.24, 2.45) is 5.41 Å². The Morgan fingerprint density at radius 2 is 1.76 bits per heavy atom. The standard InChI is InChI=1S/C44H49ClN4O6/c1-30-34(8-5-9-36(30)37-10-6-12-40(31(37)2)53-17-7-14-48-16-13-44(27-48)28-52-29-44)26-55-42-20-41(54-25-33-18-32(21-46)22-47-23-33)35(19-38(42)45)24-49-15-4-3-11-39(49)43(50)51/h5-6,8-10,12,18-20,22-23,39H,3-4,7,11,13-17,24-29H2,1-2H3,(H,50,51)/t39-/m0/s1. The van der Waals surface area contributed by atoms with Gasteiger partial charge in [0, 0.05) is 54.6 Å². The van der Waals surface area contributed by atoms with Crippen molar-refractivity contribution in [3.05, 3.63) is 105 Å². The van der Waals surface area contributed by atoms with E-state index in [9.17, 15) is 15.2 Å². The molecule has 1 spiro atoms. The first-order valence-electron chi connectivity index (χ1n) is 19.2. The largest absolute Gasteiger partial charge is 0.493 e. The van der Waals surface area contributed by atoms with Gasteiger partial charge >= 0.3 is 5.97 Å². The monoisotopic (exact) mass is 764 g/mol. The quantitative estimate of drug-likeness (QED) is 0.120. The second-order valence-corrected chi connectivity index (χ2v) is 15.6. The molecule has 288 valence electrons. The maximum Gasteiger partial charge on any atom is 0.320 e. The molecule has 1 N–H and O–H groups in total. The predicted molar refractivity (Wildman–Crippen MR) is 211 cm³/mol. The minimum atomic E-state index is -0.828. The fourth-order valence-corrected chi connectivity index (χ4v) is 8.32. The van der Waals surface area contributed by atoms with Crippen LogP contribution in [0.3, 0.4) is 0 Å². The molecule has 10 nitrogen and oxygen atoms in total. The molecule has 3 fully saturated rings. The van der Waals surface area contributed by atoms with E-state index >= 15 is 0 Å². The number of hydrogen-bond acceptors (Lipinski definition) is 9. The number of piperidine rings is 1. The molecule has 0 amide bonds. The first-order chi connectivity index (χ1) is 26.7. The third-order valence-electron chi connectivity index (χ3n) is 11.3. The zero-order valence-corrected chi connectivity index (χ0v) is 32.4. The van der Waals surface area contributed by atoms with Crippen LogP contribution < -0.4 is 14.2 Å². The molecule has 7 rings (SSSR count). The van der Waals surface area contributed by atoms with Gasteiger partial charge in [-0.25, -0.2) is 0 Å². The van der Waals surface area contributed by atoms with E-state index in [1.807, 2.05) is 23.1 Å². The Bertz CT molecular complexity index is 2050. The molecule has 0 unspecified atom stereocenters. The zero-order chi connectivity index (χ0) is 38.4. The van der Waals surface area contributed by atoms with Gasteiger partial charge in [-0.2, -0.15) is 5.26 Å². The van der Waals surface area contributed by atoms with Crippen LogP contribution in [0.1, 0.15) is 65.5 Å². The number of likely N-dealkylation sites (tertiary alicyclic amines) is 2. The van der Waals surface area contributed by atoms with Crippen LogP contribution in [0.15, 0.2) is 67.0 Å². The van der Waals surface area contributed by atoms with Crippen molar-refractivity contribution in [3.8, 4) is 34.4 Å². The summed E-state index contributed by atoms with van der Waals surface area (Å²) in [6, 6.07) is 19.4. The molecule has 0 saturated carbocycles. The van der Waals surface area contributed by atoms with Gasteiger partial charge in [0.2, 0.25) is 0 Å². The van der Waals surface area contributed by atoms with Crippen molar-refractivity contribution in [1.82, 2.24) is 14.8 Å². The van der Waals surface area contributed by atoms with Crippen molar-refractivity contribution < 1.29 is 28.8 Å². The number of carbonyl (C=O) groups is 1. The molecular formula is C44H49ClN4O6. The summed E-state index contributed by atoms with van der Waals surface area (Å²) in [5.74, 6) is 1.06. The molecule has 4 heterocycles. The number of ether oxygens (including phenoxy) is 4. The smallest absolute Gasteiger partial charge is 0.320 e. The molecule has 3 saturated heterocycles. The van der Waals surface area contributed by atoms with Crippen molar-refractivity contribution in [2.45, 2.75) is 71.8 Å². The maximum absolute atomic E-state index is 12.1. The number of aromatic nitrogens is 1. The van der Waals surface area contributed by atoms with Crippen LogP contribution in [0.25, 0.3) is 11.1 Å². The van der Waals surface area contributed by atoms with Crippen LogP contribution in [-0.2, 0) is 29.3 Å².